The number of amides is 1. The molecular formula is C20H24ClN3O2. The van der Waals surface area contributed by atoms with Crippen molar-refractivity contribution in [2.24, 2.45) is 5.92 Å². The van der Waals surface area contributed by atoms with Gasteiger partial charge in [-0.2, -0.15) is 0 Å². The van der Waals surface area contributed by atoms with Gasteiger partial charge in [0.15, 0.2) is 0 Å². The summed E-state index contributed by atoms with van der Waals surface area (Å²) in [6.45, 7) is 4.98. The van der Waals surface area contributed by atoms with Crippen molar-refractivity contribution in [2.75, 3.05) is 32.8 Å². The van der Waals surface area contributed by atoms with E-state index >= 15 is 0 Å². The van der Waals surface area contributed by atoms with E-state index in [1.807, 2.05) is 18.2 Å². The van der Waals surface area contributed by atoms with Gasteiger partial charge in [-0.1, -0.05) is 23.7 Å². The van der Waals surface area contributed by atoms with Crippen molar-refractivity contribution in [3.63, 3.8) is 0 Å². The smallest absolute Gasteiger partial charge is 0.270 e. The number of pyridine rings is 1. The van der Waals surface area contributed by atoms with Crippen LogP contribution in [-0.4, -0.2) is 54.7 Å². The van der Waals surface area contributed by atoms with E-state index in [0.717, 1.165) is 56.6 Å². The number of benzene rings is 1. The van der Waals surface area contributed by atoms with Gasteiger partial charge in [-0.05, 0) is 43.4 Å². The molecule has 1 amide bonds. The summed E-state index contributed by atoms with van der Waals surface area (Å²) in [6, 6.07) is 9.45. The van der Waals surface area contributed by atoms with Gasteiger partial charge in [-0.25, -0.2) is 4.98 Å². The number of carbonyl (C=O) groups excluding carboxylic acids is 1. The second-order valence-electron chi connectivity index (χ2n) is 7.31. The topological polar surface area (TPSA) is 54.5 Å². The number of nitrogens with one attached hydrogen (secondary N) is 1. The number of hydrogen-bond donors (Lipinski definition) is 1. The van der Waals surface area contributed by atoms with E-state index in [1.165, 1.54) is 6.42 Å². The van der Waals surface area contributed by atoms with E-state index in [0.29, 0.717) is 16.6 Å². The fourth-order valence-electron chi connectivity index (χ4n) is 3.83. The van der Waals surface area contributed by atoms with Crippen LogP contribution in [0.4, 0.5) is 0 Å². The van der Waals surface area contributed by atoms with Crippen LogP contribution in [0.1, 0.15) is 29.8 Å². The molecule has 4 rings (SSSR count). The Hall–Kier alpha value is -1.69. The third-order valence-electron chi connectivity index (χ3n) is 5.35. The average Bonchev–Trinajstić information content (AvgIpc) is 3.15. The van der Waals surface area contributed by atoms with Gasteiger partial charge in [0.1, 0.15) is 5.69 Å². The number of hydrogen-bond acceptors (Lipinski definition) is 4. The molecule has 5 nitrogen and oxygen atoms in total. The number of aromatic nitrogens is 1. The first-order valence-corrected chi connectivity index (χ1v) is 9.72. The van der Waals surface area contributed by atoms with Crippen LogP contribution in [0, 0.1) is 5.92 Å². The van der Waals surface area contributed by atoms with E-state index in [1.54, 1.807) is 12.1 Å². The zero-order valence-corrected chi connectivity index (χ0v) is 15.5. The van der Waals surface area contributed by atoms with Gasteiger partial charge in [-0.15, -0.1) is 0 Å². The second kappa shape index (κ2) is 7.91. The Morgan fingerprint density at radius 3 is 2.81 bits per heavy atom. The number of nitrogens with zero attached hydrogens (tertiary/aromatic N) is 2. The molecule has 26 heavy (non-hydrogen) atoms. The number of halogens is 1. The average molecular weight is 374 g/mol. The van der Waals surface area contributed by atoms with Gasteiger partial charge in [0.05, 0.1) is 12.1 Å². The van der Waals surface area contributed by atoms with Crippen LogP contribution < -0.4 is 5.32 Å². The molecule has 1 unspecified atom stereocenters. The first-order chi connectivity index (χ1) is 12.7. The summed E-state index contributed by atoms with van der Waals surface area (Å²) in [7, 11) is 0. The van der Waals surface area contributed by atoms with Crippen molar-refractivity contribution in [1.29, 1.82) is 0 Å². The van der Waals surface area contributed by atoms with Gasteiger partial charge in [0, 0.05) is 42.7 Å². The SMILES string of the molecule is O=C(NC1CCN(CC2CCOC2)CC1)c1ccc2ccc(Cl)cc2n1. The van der Waals surface area contributed by atoms with Crippen molar-refractivity contribution >= 4 is 28.4 Å². The Kier molecular flexibility index (Phi) is 5.38. The van der Waals surface area contributed by atoms with Crippen molar-refractivity contribution in [3.8, 4) is 0 Å². The summed E-state index contributed by atoms with van der Waals surface area (Å²) in [6.07, 6.45) is 3.14. The van der Waals surface area contributed by atoms with Crippen LogP contribution >= 0.6 is 11.6 Å². The fraction of sp³-hybridized carbons (Fsp3) is 0.500. The van der Waals surface area contributed by atoms with E-state index in [-0.39, 0.29) is 11.9 Å². The second-order valence-corrected chi connectivity index (χ2v) is 7.75. The summed E-state index contributed by atoms with van der Waals surface area (Å²) in [4.78, 5) is 19.5. The third-order valence-corrected chi connectivity index (χ3v) is 5.59. The summed E-state index contributed by atoms with van der Waals surface area (Å²) in [5.41, 5.74) is 1.20. The summed E-state index contributed by atoms with van der Waals surface area (Å²) >= 11 is 6.03. The number of ether oxygens (including phenoxy) is 1. The lowest BCUT2D eigenvalue weighted by molar-refractivity contribution is 0.0898. The van der Waals surface area contributed by atoms with Gasteiger partial charge < -0.3 is 15.0 Å². The largest absolute Gasteiger partial charge is 0.381 e. The maximum atomic E-state index is 12.6. The van der Waals surface area contributed by atoms with Crippen molar-refractivity contribution in [1.82, 2.24) is 15.2 Å². The van der Waals surface area contributed by atoms with E-state index in [4.69, 9.17) is 16.3 Å². The Balaban J connectivity index is 1.32. The Bertz CT molecular complexity index is 784. The number of carbonyl (C=O) groups is 1. The fourth-order valence-corrected chi connectivity index (χ4v) is 3.99. The predicted molar refractivity (Wildman–Crippen MR) is 103 cm³/mol. The molecule has 0 aliphatic carbocycles. The van der Waals surface area contributed by atoms with E-state index in [2.05, 4.69) is 15.2 Å². The van der Waals surface area contributed by atoms with Crippen LogP contribution in [0.15, 0.2) is 30.3 Å². The lowest BCUT2D eigenvalue weighted by Crippen LogP contribution is -2.46. The van der Waals surface area contributed by atoms with E-state index in [9.17, 15) is 4.79 Å². The van der Waals surface area contributed by atoms with Crippen LogP contribution in [0.2, 0.25) is 5.02 Å². The molecule has 1 aromatic heterocycles. The number of rotatable bonds is 4. The summed E-state index contributed by atoms with van der Waals surface area (Å²) < 4.78 is 5.46. The highest BCUT2D eigenvalue weighted by atomic mass is 35.5. The molecular weight excluding hydrogens is 350 g/mol. The third kappa shape index (κ3) is 4.17. The molecule has 3 heterocycles. The first kappa shape index (κ1) is 17.7. The quantitative estimate of drug-likeness (QED) is 0.894. The standard InChI is InChI=1S/C20H24ClN3O2/c21-16-3-1-15-2-4-18(23-19(15)11-16)20(25)22-17-5-8-24(9-6-17)12-14-7-10-26-13-14/h1-4,11,14,17H,5-10,12-13H2,(H,22,25). The molecule has 2 saturated heterocycles. The minimum atomic E-state index is -0.102. The van der Waals surface area contributed by atoms with Crippen molar-refractivity contribution < 1.29 is 9.53 Å². The molecule has 2 aliphatic heterocycles. The Morgan fingerprint density at radius 2 is 2.04 bits per heavy atom. The van der Waals surface area contributed by atoms with Crippen molar-refractivity contribution in [3.05, 3.63) is 41.0 Å². The predicted octanol–water partition coefficient (Wildman–Crippen LogP) is 3.12. The normalized spacial score (nSPS) is 22.0. The molecule has 2 aliphatic rings. The molecule has 2 fully saturated rings. The molecule has 2 aromatic rings. The summed E-state index contributed by atoms with van der Waals surface area (Å²) in [5, 5.41) is 4.75. The van der Waals surface area contributed by atoms with Gasteiger partial charge in [0.25, 0.3) is 5.91 Å². The first-order valence-electron chi connectivity index (χ1n) is 9.34. The van der Waals surface area contributed by atoms with Crippen LogP contribution in [0.3, 0.4) is 0 Å². The molecule has 1 N–H and O–H groups in total. The molecule has 6 heteroatoms. The minimum Gasteiger partial charge on any atom is -0.381 e. The lowest BCUT2D eigenvalue weighted by Gasteiger charge is -2.33. The molecule has 0 bridgehead atoms. The maximum Gasteiger partial charge on any atom is 0.270 e. The maximum absolute atomic E-state index is 12.6. The minimum absolute atomic E-state index is 0.102. The molecule has 1 atom stereocenters. The van der Waals surface area contributed by atoms with Crippen LogP contribution in [-0.2, 0) is 4.74 Å². The number of likely N-dealkylation sites (tertiary alicyclic amines) is 1. The van der Waals surface area contributed by atoms with Gasteiger partial charge in [0.2, 0.25) is 0 Å². The molecule has 138 valence electrons. The molecule has 1 aromatic carbocycles. The highest BCUT2D eigenvalue weighted by Crippen LogP contribution is 2.19. The Labute approximate surface area is 158 Å². The van der Waals surface area contributed by atoms with Crippen LogP contribution in [0.5, 0.6) is 0 Å². The lowest BCUT2D eigenvalue weighted by atomic mass is 10.0. The number of piperidine rings is 1. The monoisotopic (exact) mass is 373 g/mol. The van der Waals surface area contributed by atoms with Crippen LogP contribution in [0.25, 0.3) is 10.9 Å². The summed E-state index contributed by atoms with van der Waals surface area (Å²) in [5.74, 6) is 0.573. The molecule has 0 radical (unpaired) electrons. The highest BCUT2D eigenvalue weighted by molar-refractivity contribution is 6.31. The van der Waals surface area contributed by atoms with Crippen molar-refractivity contribution in [2.45, 2.75) is 25.3 Å². The number of fused-ring (bicyclic) bond motifs is 1. The molecule has 0 saturated carbocycles. The molecule has 0 spiro atoms. The van der Waals surface area contributed by atoms with E-state index < -0.39 is 0 Å². The zero-order valence-electron chi connectivity index (χ0n) is 14.8. The van der Waals surface area contributed by atoms with Gasteiger partial charge in [-0.3, -0.25) is 4.79 Å². The Morgan fingerprint density at radius 1 is 1.23 bits per heavy atom. The van der Waals surface area contributed by atoms with Gasteiger partial charge >= 0.3 is 0 Å². The highest BCUT2D eigenvalue weighted by Gasteiger charge is 2.25. The zero-order chi connectivity index (χ0) is 17.9.